The number of rotatable bonds is 5. The molecule has 0 aromatic heterocycles. The van der Waals surface area contributed by atoms with E-state index in [4.69, 9.17) is 5.73 Å². The summed E-state index contributed by atoms with van der Waals surface area (Å²) in [7, 11) is 0. The molecule has 0 saturated carbocycles. The van der Waals surface area contributed by atoms with Gasteiger partial charge in [-0.2, -0.15) is 0 Å². The van der Waals surface area contributed by atoms with Gasteiger partial charge in [-0.15, -0.1) is 12.4 Å². The fraction of sp³-hybridized carbons (Fsp3) is 0.529. The minimum atomic E-state index is -0.350. The van der Waals surface area contributed by atoms with E-state index in [1.54, 1.807) is 0 Å². The van der Waals surface area contributed by atoms with Gasteiger partial charge in [0, 0.05) is 24.2 Å². The second-order valence-corrected chi connectivity index (χ2v) is 6.57. The number of amides is 2. The van der Waals surface area contributed by atoms with Gasteiger partial charge in [0.15, 0.2) is 0 Å². The molecular formula is C17H24ClN3O2. The maximum absolute atomic E-state index is 12.2. The van der Waals surface area contributed by atoms with Crippen LogP contribution in [0.1, 0.15) is 37.7 Å². The van der Waals surface area contributed by atoms with Crippen LogP contribution >= 0.6 is 12.4 Å². The van der Waals surface area contributed by atoms with Gasteiger partial charge in [0.2, 0.25) is 11.8 Å². The zero-order valence-electron chi connectivity index (χ0n) is 13.1. The van der Waals surface area contributed by atoms with Crippen molar-refractivity contribution in [3.63, 3.8) is 0 Å². The highest BCUT2D eigenvalue weighted by Crippen LogP contribution is 2.32. The molecule has 6 heteroatoms. The Morgan fingerprint density at radius 2 is 1.74 bits per heavy atom. The summed E-state index contributed by atoms with van der Waals surface area (Å²) in [6.07, 6.45) is 5.56. The highest BCUT2D eigenvalue weighted by atomic mass is 35.5. The number of primary amides is 1. The third-order valence-corrected chi connectivity index (χ3v) is 4.66. The van der Waals surface area contributed by atoms with E-state index in [-0.39, 0.29) is 30.6 Å². The number of benzene rings is 1. The summed E-state index contributed by atoms with van der Waals surface area (Å²) in [6.45, 7) is 0. The third kappa shape index (κ3) is 4.94. The highest BCUT2D eigenvalue weighted by molar-refractivity contribution is 5.91. The molecule has 0 radical (unpaired) electrons. The number of nitrogens with two attached hydrogens (primary N) is 1. The van der Waals surface area contributed by atoms with Crippen LogP contribution in [0.15, 0.2) is 24.3 Å². The van der Waals surface area contributed by atoms with E-state index in [2.05, 4.69) is 10.6 Å². The van der Waals surface area contributed by atoms with Crippen LogP contribution in [0, 0.1) is 5.92 Å². The van der Waals surface area contributed by atoms with Gasteiger partial charge in [0.1, 0.15) is 0 Å². The van der Waals surface area contributed by atoms with Crippen molar-refractivity contribution in [2.75, 3.05) is 5.32 Å². The summed E-state index contributed by atoms with van der Waals surface area (Å²) in [5.41, 5.74) is 6.80. The first-order valence-corrected chi connectivity index (χ1v) is 8.01. The average molecular weight is 338 g/mol. The Labute approximate surface area is 142 Å². The molecule has 2 aliphatic rings. The Balaban J connectivity index is 0.00000192. The lowest BCUT2D eigenvalue weighted by molar-refractivity contribution is -0.118. The SMILES string of the molecule is Cl.NC(=O)Cc1ccc(NC(=O)CC2CC3CCC(C2)N3)cc1. The van der Waals surface area contributed by atoms with Gasteiger partial charge in [-0.05, 0) is 49.3 Å². The van der Waals surface area contributed by atoms with Gasteiger partial charge in [-0.25, -0.2) is 0 Å². The van der Waals surface area contributed by atoms with Crippen LogP contribution in [-0.2, 0) is 16.0 Å². The number of halogens is 1. The molecular weight excluding hydrogens is 314 g/mol. The maximum Gasteiger partial charge on any atom is 0.224 e. The van der Waals surface area contributed by atoms with E-state index >= 15 is 0 Å². The molecule has 2 atom stereocenters. The summed E-state index contributed by atoms with van der Waals surface area (Å²) in [5.74, 6) is 0.221. The van der Waals surface area contributed by atoms with Gasteiger partial charge >= 0.3 is 0 Å². The van der Waals surface area contributed by atoms with Crippen LogP contribution in [0.3, 0.4) is 0 Å². The molecule has 2 fully saturated rings. The second kappa shape index (κ2) is 7.79. The molecule has 2 amide bonds. The summed E-state index contributed by atoms with van der Waals surface area (Å²) in [6, 6.07) is 8.52. The van der Waals surface area contributed by atoms with E-state index in [0.29, 0.717) is 24.4 Å². The molecule has 5 nitrogen and oxygen atoms in total. The van der Waals surface area contributed by atoms with Gasteiger partial charge < -0.3 is 16.4 Å². The standard InChI is InChI=1S/C17H23N3O2.ClH/c18-16(21)9-11-1-3-13(4-2-11)20-17(22)10-12-7-14-5-6-15(8-12)19-14;/h1-4,12,14-15,19H,5-10H2,(H2,18,21)(H,20,22);1H. The van der Waals surface area contributed by atoms with Crippen LogP contribution in [-0.4, -0.2) is 23.9 Å². The Morgan fingerprint density at radius 3 is 2.30 bits per heavy atom. The second-order valence-electron chi connectivity index (χ2n) is 6.57. The molecule has 4 N–H and O–H groups in total. The van der Waals surface area contributed by atoms with E-state index < -0.39 is 0 Å². The molecule has 3 rings (SSSR count). The Morgan fingerprint density at radius 1 is 1.13 bits per heavy atom. The predicted molar refractivity (Wildman–Crippen MR) is 92.5 cm³/mol. The van der Waals surface area contributed by atoms with Gasteiger partial charge in [0.25, 0.3) is 0 Å². The minimum absolute atomic E-state index is 0. The zero-order chi connectivity index (χ0) is 15.5. The number of carbonyl (C=O) groups is 2. The monoisotopic (exact) mass is 337 g/mol. The first-order chi connectivity index (χ1) is 10.6. The Hall–Kier alpha value is -1.59. The van der Waals surface area contributed by atoms with E-state index in [0.717, 1.165) is 24.1 Å². The quantitative estimate of drug-likeness (QED) is 0.768. The van der Waals surface area contributed by atoms with E-state index in [1.807, 2.05) is 24.3 Å². The molecule has 2 heterocycles. The van der Waals surface area contributed by atoms with Gasteiger partial charge in [0.05, 0.1) is 6.42 Å². The van der Waals surface area contributed by atoms with Crippen LogP contribution < -0.4 is 16.4 Å². The van der Waals surface area contributed by atoms with Gasteiger partial charge in [-0.1, -0.05) is 12.1 Å². The number of fused-ring (bicyclic) bond motifs is 2. The first-order valence-electron chi connectivity index (χ1n) is 8.01. The fourth-order valence-corrected chi connectivity index (χ4v) is 3.72. The molecule has 2 aliphatic heterocycles. The lowest BCUT2D eigenvalue weighted by atomic mass is 9.89. The predicted octanol–water partition coefficient (Wildman–Crippen LogP) is 2.00. The minimum Gasteiger partial charge on any atom is -0.369 e. The lowest BCUT2D eigenvalue weighted by Crippen LogP contribution is -2.39. The molecule has 0 spiro atoms. The third-order valence-electron chi connectivity index (χ3n) is 4.66. The Bertz CT molecular complexity index is 549. The molecule has 2 saturated heterocycles. The number of nitrogens with one attached hydrogen (secondary N) is 2. The number of hydrogen-bond donors (Lipinski definition) is 3. The van der Waals surface area contributed by atoms with Crippen molar-refractivity contribution in [2.45, 2.75) is 50.6 Å². The van der Waals surface area contributed by atoms with Crippen molar-refractivity contribution in [1.82, 2.24) is 5.32 Å². The maximum atomic E-state index is 12.2. The summed E-state index contributed by atoms with van der Waals surface area (Å²) in [5, 5.41) is 6.54. The largest absolute Gasteiger partial charge is 0.369 e. The van der Waals surface area contributed by atoms with Crippen molar-refractivity contribution in [3.8, 4) is 0 Å². The molecule has 1 aromatic rings. The zero-order valence-corrected chi connectivity index (χ0v) is 13.9. The number of anilines is 1. The van der Waals surface area contributed by atoms with Crippen molar-refractivity contribution >= 4 is 29.9 Å². The van der Waals surface area contributed by atoms with Crippen LogP contribution in [0.4, 0.5) is 5.69 Å². The molecule has 0 aliphatic carbocycles. The van der Waals surface area contributed by atoms with Crippen molar-refractivity contribution < 1.29 is 9.59 Å². The number of hydrogen-bond acceptors (Lipinski definition) is 3. The van der Waals surface area contributed by atoms with E-state index in [1.165, 1.54) is 12.8 Å². The fourth-order valence-electron chi connectivity index (χ4n) is 3.72. The van der Waals surface area contributed by atoms with Crippen LogP contribution in [0.25, 0.3) is 0 Å². The first kappa shape index (κ1) is 17.8. The van der Waals surface area contributed by atoms with E-state index in [9.17, 15) is 9.59 Å². The normalized spacial score (nSPS) is 25.5. The number of carbonyl (C=O) groups excluding carboxylic acids is 2. The van der Waals surface area contributed by atoms with Gasteiger partial charge in [-0.3, -0.25) is 9.59 Å². The summed E-state index contributed by atoms with van der Waals surface area (Å²) < 4.78 is 0. The van der Waals surface area contributed by atoms with Crippen molar-refractivity contribution in [3.05, 3.63) is 29.8 Å². The van der Waals surface area contributed by atoms with Crippen molar-refractivity contribution in [1.29, 1.82) is 0 Å². The lowest BCUT2D eigenvalue weighted by Gasteiger charge is -2.28. The summed E-state index contributed by atoms with van der Waals surface area (Å²) in [4.78, 5) is 23.0. The average Bonchev–Trinajstić information content (AvgIpc) is 2.79. The molecule has 2 unspecified atom stereocenters. The van der Waals surface area contributed by atoms with Crippen LogP contribution in [0.5, 0.6) is 0 Å². The van der Waals surface area contributed by atoms with Crippen LogP contribution in [0.2, 0.25) is 0 Å². The summed E-state index contributed by atoms with van der Waals surface area (Å²) >= 11 is 0. The van der Waals surface area contributed by atoms with Crippen molar-refractivity contribution in [2.24, 2.45) is 11.7 Å². The topological polar surface area (TPSA) is 84.2 Å². The molecule has 1 aromatic carbocycles. The number of piperidine rings is 1. The molecule has 2 bridgehead atoms. The highest BCUT2D eigenvalue weighted by Gasteiger charge is 2.34. The smallest absolute Gasteiger partial charge is 0.224 e. The molecule has 126 valence electrons. The Kier molecular flexibility index (Phi) is 6.02. The molecule has 23 heavy (non-hydrogen) atoms.